The molecule has 1 amide bonds. The second-order valence-electron chi connectivity index (χ2n) is 10.1. The van der Waals surface area contributed by atoms with Gasteiger partial charge in [-0.2, -0.15) is 0 Å². The molecule has 1 saturated heterocycles. The molecular weight excluding hydrogens is 488 g/mol. The van der Waals surface area contributed by atoms with Crippen molar-refractivity contribution in [2.75, 3.05) is 18.5 Å². The number of allylic oxidation sites excluding steroid dienone is 4. The zero-order valence-corrected chi connectivity index (χ0v) is 20.9. The van der Waals surface area contributed by atoms with E-state index in [-0.39, 0.29) is 47.7 Å². The summed E-state index contributed by atoms with van der Waals surface area (Å²) in [6.45, 7) is 3.22. The standard InChI is InChI=1S/C26H29F2N3O4S/c1-3-15-10-16(4-7-18(27)11-15)23(32)30-19-8-9-21(28)20(12-19)26-14-35-13-22(26)36(33,34)25(2,17-5-6-17)24(29)31-26/h4,7-12,15,17,22H,3,5-6,13-14H2,1-2H3,(H2,29,31)(H,30,32). The van der Waals surface area contributed by atoms with E-state index in [1.54, 1.807) is 13.0 Å². The number of hydrogen-bond acceptors (Lipinski definition) is 6. The number of aliphatic imine (C=N–C) groups is 1. The summed E-state index contributed by atoms with van der Waals surface area (Å²) in [6.07, 6.45) is 7.81. The Hall–Kier alpha value is -2.85. The molecule has 4 atom stereocenters. The summed E-state index contributed by atoms with van der Waals surface area (Å²) in [5, 5.41) is 1.62. The molecule has 4 unspecified atom stereocenters. The van der Waals surface area contributed by atoms with Gasteiger partial charge in [0.1, 0.15) is 33.0 Å². The van der Waals surface area contributed by atoms with Gasteiger partial charge < -0.3 is 15.8 Å². The Labute approximate surface area is 209 Å². The number of hydrogen-bond donors (Lipinski definition) is 2. The van der Waals surface area contributed by atoms with Crippen LogP contribution in [0.25, 0.3) is 0 Å². The molecule has 3 N–H and O–H groups in total. The van der Waals surface area contributed by atoms with Gasteiger partial charge in [0.05, 0.1) is 13.2 Å². The van der Waals surface area contributed by atoms with Crippen LogP contribution in [0.4, 0.5) is 14.5 Å². The third-order valence-electron chi connectivity index (χ3n) is 7.89. The van der Waals surface area contributed by atoms with Crippen molar-refractivity contribution in [3.63, 3.8) is 0 Å². The molecule has 0 spiro atoms. The molecule has 1 aromatic rings. The maximum absolute atomic E-state index is 15.3. The molecule has 2 heterocycles. The predicted molar refractivity (Wildman–Crippen MR) is 133 cm³/mol. The number of benzene rings is 1. The first-order valence-electron chi connectivity index (χ1n) is 12.1. The van der Waals surface area contributed by atoms with Gasteiger partial charge in [0.2, 0.25) is 0 Å². The smallest absolute Gasteiger partial charge is 0.255 e. The van der Waals surface area contributed by atoms with E-state index in [1.807, 2.05) is 6.92 Å². The first-order chi connectivity index (χ1) is 17.0. The van der Waals surface area contributed by atoms with Crippen LogP contribution in [-0.4, -0.2) is 43.4 Å². The van der Waals surface area contributed by atoms with Gasteiger partial charge in [-0.25, -0.2) is 17.2 Å². The van der Waals surface area contributed by atoms with Crippen molar-refractivity contribution in [3.8, 4) is 0 Å². The van der Waals surface area contributed by atoms with Crippen molar-refractivity contribution >= 4 is 27.3 Å². The third kappa shape index (κ3) is 3.73. The number of sulfone groups is 1. The summed E-state index contributed by atoms with van der Waals surface area (Å²) in [5.74, 6) is -1.99. The number of halogens is 2. The molecule has 7 nitrogen and oxygen atoms in total. The number of nitrogens with one attached hydrogen (secondary N) is 1. The highest BCUT2D eigenvalue weighted by Gasteiger charge is 2.66. The molecular formula is C26H29F2N3O4S. The number of carbonyl (C=O) groups excluding carboxylic acids is 1. The Morgan fingerprint density at radius 3 is 2.69 bits per heavy atom. The van der Waals surface area contributed by atoms with E-state index in [1.165, 1.54) is 30.4 Å². The number of anilines is 1. The molecule has 0 bridgehead atoms. The number of nitrogens with zero attached hydrogens (tertiary/aromatic N) is 1. The SMILES string of the molecule is CCC1C=C(F)C=CC(C(=O)Nc2ccc(F)c(C34COCC3S(=O)(=O)C(C)(C3CC3)C(N)=N4)c2)=C1. The minimum atomic E-state index is -3.88. The number of amidine groups is 1. The van der Waals surface area contributed by atoms with Gasteiger partial charge in [0.15, 0.2) is 9.84 Å². The topological polar surface area (TPSA) is 111 Å². The van der Waals surface area contributed by atoms with Crippen molar-refractivity contribution in [1.29, 1.82) is 0 Å². The quantitative estimate of drug-likeness (QED) is 0.619. The lowest BCUT2D eigenvalue weighted by Gasteiger charge is -2.43. The molecule has 2 aliphatic carbocycles. The van der Waals surface area contributed by atoms with Gasteiger partial charge in [0, 0.05) is 16.8 Å². The molecule has 36 heavy (non-hydrogen) atoms. The normalized spacial score (nSPS) is 33.2. The van der Waals surface area contributed by atoms with E-state index >= 15 is 4.39 Å². The molecule has 10 heteroatoms. The largest absolute Gasteiger partial charge is 0.386 e. The Morgan fingerprint density at radius 2 is 2.00 bits per heavy atom. The molecule has 1 aromatic carbocycles. The second kappa shape index (κ2) is 8.62. The van der Waals surface area contributed by atoms with Crippen molar-refractivity contribution < 1.29 is 26.7 Å². The van der Waals surface area contributed by atoms with E-state index in [0.717, 1.165) is 18.9 Å². The van der Waals surface area contributed by atoms with Crippen LogP contribution < -0.4 is 11.1 Å². The third-order valence-corrected chi connectivity index (χ3v) is 10.9. The average Bonchev–Trinajstić information content (AvgIpc) is 3.63. The van der Waals surface area contributed by atoms with Gasteiger partial charge in [-0.1, -0.05) is 13.0 Å². The highest BCUT2D eigenvalue weighted by Crippen LogP contribution is 2.53. The maximum atomic E-state index is 15.3. The number of amides is 1. The van der Waals surface area contributed by atoms with E-state index < -0.39 is 42.9 Å². The Kier molecular flexibility index (Phi) is 5.95. The lowest BCUT2D eigenvalue weighted by Crippen LogP contribution is -2.62. The van der Waals surface area contributed by atoms with Crippen LogP contribution in [0.1, 0.15) is 38.7 Å². The van der Waals surface area contributed by atoms with Gasteiger partial charge in [0.25, 0.3) is 5.91 Å². The number of rotatable bonds is 5. The monoisotopic (exact) mass is 517 g/mol. The van der Waals surface area contributed by atoms with Crippen molar-refractivity contribution in [2.45, 2.75) is 48.6 Å². The first-order valence-corrected chi connectivity index (χ1v) is 13.6. The van der Waals surface area contributed by atoms with Crippen LogP contribution in [-0.2, 0) is 24.9 Å². The lowest BCUT2D eigenvalue weighted by molar-refractivity contribution is -0.112. The molecule has 1 saturated carbocycles. The van der Waals surface area contributed by atoms with Crippen molar-refractivity contribution in [2.24, 2.45) is 22.6 Å². The molecule has 5 rings (SSSR count). The summed E-state index contributed by atoms with van der Waals surface area (Å²) in [4.78, 5) is 17.6. The molecule has 0 aromatic heterocycles. The Morgan fingerprint density at radius 1 is 1.25 bits per heavy atom. The fourth-order valence-corrected chi connectivity index (χ4v) is 8.11. The van der Waals surface area contributed by atoms with Gasteiger partial charge in [-0.15, -0.1) is 0 Å². The highest BCUT2D eigenvalue weighted by molar-refractivity contribution is 7.94. The summed E-state index contributed by atoms with van der Waals surface area (Å²) in [7, 11) is -3.88. The maximum Gasteiger partial charge on any atom is 0.255 e. The first kappa shape index (κ1) is 24.8. The fourth-order valence-electron chi connectivity index (χ4n) is 5.45. The second-order valence-corrected chi connectivity index (χ2v) is 12.6. The van der Waals surface area contributed by atoms with E-state index in [0.29, 0.717) is 6.42 Å². The van der Waals surface area contributed by atoms with E-state index in [2.05, 4.69) is 10.3 Å². The predicted octanol–water partition coefficient (Wildman–Crippen LogP) is 3.69. The Bertz CT molecular complexity index is 1350. The van der Waals surface area contributed by atoms with Crippen molar-refractivity contribution in [1.82, 2.24) is 0 Å². The van der Waals surface area contributed by atoms with Crippen LogP contribution >= 0.6 is 0 Å². The fraction of sp³-hybridized carbons (Fsp3) is 0.462. The van der Waals surface area contributed by atoms with Crippen LogP contribution in [0, 0.1) is 17.7 Å². The zero-order chi connectivity index (χ0) is 25.9. The van der Waals surface area contributed by atoms with Crippen LogP contribution in [0.2, 0.25) is 0 Å². The van der Waals surface area contributed by atoms with Gasteiger partial charge >= 0.3 is 0 Å². The number of carbonyl (C=O) groups is 1. The summed E-state index contributed by atoms with van der Waals surface area (Å²) in [6, 6.07) is 3.93. The van der Waals surface area contributed by atoms with Gasteiger partial charge in [-0.05, 0) is 74.4 Å². The summed E-state index contributed by atoms with van der Waals surface area (Å²) < 4.78 is 61.0. The van der Waals surface area contributed by atoms with Crippen LogP contribution in [0.15, 0.2) is 58.9 Å². The summed E-state index contributed by atoms with van der Waals surface area (Å²) >= 11 is 0. The van der Waals surface area contributed by atoms with E-state index in [9.17, 15) is 17.6 Å². The molecule has 0 radical (unpaired) electrons. The number of ether oxygens (including phenoxy) is 1. The minimum absolute atomic E-state index is 0.00305. The minimum Gasteiger partial charge on any atom is -0.386 e. The lowest BCUT2D eigenvalue weighted by atomic mass is 9.87. The molecule has 2 fully saturated rings. The number of fused-ring (bicyclic) bond motifs is 1. The summed E-state index contributed by atoms with van der Waals surface area (Å²) in [5.41, 5.74) is 5.26. The molecule has 4 aliphatic rings. The molecule has 2 aliphatic heterocycles. The van der Waals surface area contributed by atoms with Crippen molar-refractivity contribution in [3.05, 3.63) is 65.3 Å². The highest BCUT2D eigenvalue weighted by atomic mass is 32.2. The van der Waals surface area contributed by atoms with Crippen LogP contribution in [0.3, 0.4) is 0 Å². The van der Waals surface area contributed by atoms with E-state index in [4.69, 9.17) is 10.5 Å². The Balaban J connectivity index is 1.52. The van der Waals surface area contributed by atoms with Gasteiger partial charge in [-0.3, -0.25) is 9.79 Å². The molecule has 192 valence electrons. The average molecular weight is 518 g/mol. The zero-order valence-electron chi connectivity index (χ0n) is 20.1. The van der Waals surface area contributed by atoms with Crippen LogP contribution in [0.5, 0.6) is 0 Å². The number of nitrogens with two attached hydrogens (primary N) is 1.